The van der Waals surface area contributed by atoms with Crippen LogP contribution >= 0.6 is 15.9 Å². The molecule has 1 aromatic heterocycles. The Morgan fingerprint density at radius 1 is 1.54 bits per heavy atom. The Bertz CT molecular complexity index is 332. The molecule has 1 rings (SSSR count). The fourth-order valence-electron chi connectivity index (χ4n) is 1.12. The fourth-order valence-corrected chi connectivity index (χ4v) is 1.58. The second kappa shape index (κ2) is 4.41. The van der Waals surface area contributed by atoms with Crippen molar-refractivity contribution in [3.63, 3.8) is 0 Å². The minimum absolute atomic E-state index is 0.142. The first kappa shape index (κ1) is 10.2. The van der Waals surface area contributed by atoms with Gasteiger partial charge in [-0.05, 0) is 29.8 Å². The molecule has 0 aromatic carbocycles. The molecule has 0 unspecified atom stereocenters. The van der Waals surface area contributed by atoms with E-state index in [2.05, 4.69) is 25.9 Å². The van der Waals surface area contributed by atoms with Gasteiger partial charge in [-0.3, -0.25) is 4.79 Å². The SMILES string of the molecule is CCN(CC)c1nc[nH]c(=O)c1Br. The molecular formula is C8H12BrN3O. The molecule has 0 fully saturated rings. The lowest BCUT2D eigenvalue weighted by molar-refractivity contribution is 0.834. The largest absolute Gasteiger partial charge is 0.356 e. The van der Waals surface area contributed by atoms with Gasteiger partial charge in [-0.2, -0.15) is 0 Å². The average Bonchev–Trinajstić information content (AvgIpc) is 2.14. The van der Waals surface area contributed by atoms with Gasteiger partial charge in [0, 0.05) is 13.1 Å². The van der Waals surface area contributed by atoms with Crippen LogP contribution in [0.15, 0.2) is 15.6 Å². The second-order valence-corrected chi connectivity index (χ2v) is 3.33. The van der Waals surface area contributed by atoms with Crippen molar-refractivity contribution in [2.75, 3.05) is 18.0 Å². The third-order valence-electron chi connectivity index (χ3n) is 1.84. The van der Waals surface area contributed by atoms with Gasteiger partial charge in [-0.1, -0.05) is 0 Å². The maximum Gasteiger partial charge on any atom is 0.267 e. The number of rotatable bonds is 3. The molecule has 72 valence electrons. The van der Waals surface area contributed by atoms with E-state index in [0.29, 0.717) is 10.3 Å². The summed E-state index contributed by atoms with van der Waals surface area (Å²) in [6.45, 7) is 5.73. The molecule has 0 aliphatic carbocycles. The van der Waals surface area contributed by atoms with E-state index in [1.807, 2.05) is 18.7 Å². The van der Waals surface area contributed by atoms with E-state index in [9.17, 15) is 4.79 Å². The first-order valence-corrected chi connectivity index (χ1v) is 4.98. The molecule has 4 nitrogen and oxygen atoms in total. The maximum atomic E-state index is 11.2. The van der Waals surface area contributed by atoms with E-state index < -0.39 is 0 Å². The van der Waals surface area contributed by atoms with Crippen molar-refractivity contribution in [1.29, 1.82) is 0 Å². The van der Waals surface area contributed by atoms with Crippen molar-refractivity contribution >= 4 is 21.7 Å². The summed E-state index contributed by atoms with van der Waals surface area (Å²) in [6.07, 6.45) is 1.42. The highest BCUT2D eigenvalue weighted by molar-refractivity contribution is 9.10. The topological polar surface area (TPSA) is 49.0 Å². The first-order valence-electron chi connectivity index (χ1n) is 4.18. The molecule has 0 aliphatic heterocycles. The van der Waals surface area contributed by atoms with E-state index in [-0.39, 0.29) is 5.56 Å². The van der Waals surface area contributed by atoms with E-state index >= 15 is 0 Å². The Hall–Kier alpha value is -0.840. The lowest BCUT2D eigenvalue weighted by atomic mass is 10.4. The van der Waals surface area contributed by atoms with Gasteiger partial charge in [0.05, 0.1) is 6.33 Å². The summed E-state index contributed by atoms with van der Waals surface area (Å²) >= 11 is 3.21. The van der Waals surface area contributed by atoms with E-state index in [0.717, 1.165) is 13.1 Å². The number of halogens is 1. The van der Waals surface area contributed by atoms with Crippen LogP contribution < -0.4 is 10.5 Å². The highest BCUT2D eigenvalue weighted by atomic mass is 79.9. The number of aromatic nitrogens is 2. The summed E-state index contributed by atoms with van der Waals surface area (Å²) in [6, 6.07) is 0. The summed E-state index contributed by atoms with van der Waals surface area (Å²) in [5.41, 5.74) is -0.142. The number of hydrogen-bond donors (Lipinski definition) is 1. The highest BCUT2D eigenvalue weighted by Gasteiger charge is 2.09. The Balaban J connectivity index is 3.13. The number of anilines is 1. The molecule has 5 heteroatoms. The summed E-state index contributed by atoms with van der Waals surface area (Å²) in [5.74, 6) is 0.703. The van der Waals surface area contributed by atoms with Crippen molar-refractivity contribution in [2.24, 2.45) is 0 Å². The van der Waals surface area contributed by atoms with Gasteiger partial charge in [-0.25, -0.2) is 4.98 Å². The Morgan fingerprint density at radius 3 is 2.69 bits per heavy atom. The van der Waals surface area contributed by atoms with Crippen molar-refractivity contribution in [2.45, 2.75) is 13.8 Å². The standard InChI is InChI=1S/C8H12BrN3O/c1-3-12(4-2)7-6(9)8(13)11-5-10-7/h5H,3-4H2,1-2H3,(H,10,11,13). The molecule has 0 saturated carbocycles. The predicted octanol–water partition coefficient (Wildman–Crippen LogP) is 1.38. The molecule has 13 heavy (non-hydrogen) atoms. The monoisotopic (exact) mass is 245 g/mol. The molecule has 0 spiro atoms. The van der Waals surface area contributed by atoms with Crippen LogP contribution in [0.4, 0.5) is 5.82 Å². The lowest BCUT2D eigenvalue weighted by Crippen LogP contribution is -2.25. The third kappa shape index (κ3) is 2.09. The van der Waals surface area contributed by atoms with Gasteiger partial charge in [0.15, 0.2) is 0 Å². The van der Waals surface area contributed by atoms with Crippen LogP contribution in [0.3, 0.4) is 0 Å². The highest BCUT2D eigenvalue weighted by Crippen LogP contribution is 2.17. The molecule has 0 atom stereocenters. The van der Waals surface area contributed by atoms with Crippen LogP contribution in [0.1, 0.15) is 13.8 Å². The second-order valence-electron chi connectivity index (χ2n) is 2.54. The Kier molecular flexibility index (Phi) is 3.48. The third-order valence-corrected chi connectivity index (χ3v) is 2.56. The molecule has 0 amide bonds. The zero-order valence-electron chi connectivity index (χ0n) is 7.67. The maximum absolute atomic E-state index is 11.2. The average molecular weight is 246 g/mol. The molecule has 0 bridgehead atoms. The molecule has 1 N–H and O–H groups in total. The number of nitrogens with zero attached hydrogens (tertiary/aromatic N) is 2. The predicted molar refractivity (Wildman–Crippen MR) is 56.1 cm³/mol. The van der Waals surface area contributed by atoms with Gasteiger partial charge >= 0.3 is 0 Å². The summed E-state index contributed by atoms with van der Waals surface area (Å²) in [7, 11) is 0. The summed E-state index contributed by atoms with van der Waals surface area (Å²) in [5, 5.41) is 0. The lowest BCUT2D eigenvalue weighted by Gasteiger charge is -2.19. The van der Waals surface area contributed by atoms with Crippen molar-refractivity contribution in [1.82, 2.24) is 9.97 Å². The van der Waals surface area contributed by atoms with Gasteiger partial charge in [0.2, 0.25) is 0 Å². The van der Waals surface area contributed by atoms with Crippen LogP contribution in [0.5, 0.6) is 0 Å². The number of hydrogen-bond acceptors (Lipinski definition) is 3. The summed E-state index contributed by atoms with van der Waals surface area (Å²) < 4.78 is 0.499. The van der Waals surface area contributed by atoms with Crippen molar-refractivity contribution in [3.8, 4) is 0 Å². The van der Waals surface area contributed by atoms with Gasteiger partial charge < -0.3 is 9.88 Å². The summed E-state index contributed by atoms with van der Waals surface area (Å²) in [4.78, 5) is 19.8. The van der Waals surface area contributed by atoms with Gasteiger partial charge in [-0.15, -0.1) is 0 Å². The quantitative estimate of drug-likeness (QED) is 0.876. The Morgan fingerprint density at radius 2 is 2.15 bits per heavy atom. The number of aromatic amines is 1. The van der Waals surface area contributed by atoms with Crippen molar-refractivity contribution < 1.29 is 0 Å². The van der Waals surface area contributed by atoms with Crippen LogP contribution in [0.25, 0.3) is 0 Å². The first-order chi connectivity index (χ1) is 6.20. The van der Waals surface area contributed by atoms with Crippen LogP contribution in [-0.4, -0.2) is 23.1 Å². The number of nitrogens with one attached hydrogen (secondary N) is 1. The molecule has 0 radical (unpaired) electrons. The zero-order chi connectivity index (χ0) is 9.84. The minimum atomic E-state index is -0.142. The number of H-pyrrole nitrogens is 1. The van der Waals surface area contributed by atoms with Crippen LogP contribution in [0, 0.1) is 0 Å². The van der Waals surface area contributed by atoms with Crippen molar-refractivity contribution in [3.05, 3.63) is 21.2 Å². The molecular weight excluding hydrogens is 234 g/mol. The fraction of sp³-hybridized carbons (Fsp3) is 0.500. The molecule has 0 aliphatic rings. The smallest absolute Gasteiger partial charge is 0.267 e. The van der Waals surface area contributed by atoms with Gasteiger partial charge in [0.1, 0.15) is 10.3 Å². The van der Waals surface area contributed by atoms with E-state index in [4.69, 9.17) is 0 Å². The molecule has 0 saturated heterocycles. The normalized spacial score (nSPS) is 10.1. The molecule has 1 heterocycles. The molecule has 1 aromatic rings. The van der Waals surface area contributed by atoms with Gasteiger partial charge in [0.25, 0.3) is 5.56 Å². The van der Waals surface area contributed by atoms with E-state index in [1.165, 1.54) is 6.33 Å². The van der Waals surface area contributed by atoms with Crippen LogP contribution in [0.2, 0.25) is 0 Å². The van der Waals surface area contributed by atoms with Crippen LogP contribution in [-0.2, 0) is 0 Å². The minimum Gasteiger partial charge on any atom is -0.356 e. The van der Waals surface area contributed by atoms with E-state index in [1.54, 1.807) is 0 Å². The Labute approximate surface area is 85.1 Å². The zero-order valence-corrected chi connectivity index (χ0v) is 9.26.